The minimum absolute atomic E-state index is 0.0456. The molecule has 2 aliphatic rings. The van der Waals surface area contributed by atoms with Gasteiger partial charge in [0.2, 0.25) is 5.95 Å². The number of carboxylic acids is 1. The fourth-order valence-electron chi connectivity index (χ4n) is 5.76. The molecule has 2 atom stereocenters. The highest BCUT2D eigenvalue weighted by Crippen LogP contribution is 2.55. The number of hydrogen-bond acceptors (Lipinski definition) is 8. The van der Waals surface area contributed by atoms with Crippen LogP contribution < -0.4 is 10.2 Å². The summed E-state index contributed by atoms with van der Waals surface area (Å²) in [6.45, 7) is 7.40. The second-order valence-electron chi connectivity index (χ2n) is 11.3. The van der Waals surface area contributed by atoms with Crippen molar-refractivity contribution < 1.29 is 23.1 Å². The fraction of sp³-hybridized carbons (Fsp3) is 0.692. The summed E-state index contributed by atoms with van der Waals surface area (Å²) in [5, 5.41) is 19.0. The number of rotatable bonds is 7. The number of anilines is 2. The Bertz CT molecular complexity index is 1320. The number of carboxylic acid groups (broad SMARTS) is 1. The van der Waals surface area contributed by atoms with Crippen LogP contribution in [0.25, 0.3) is 11.2 Å². The molecule has 0 radical (unpaired) electrons. The molecule has 11 nitrogen and oxygen atoms in total. The molecule has 2 saturated carbocycles. The van der Waals surface area contributed by atoms with E-state index in [0.717, 1.165) is 41.1 Å². The first-order valence-electron chi connectivity index (χ1n) is 13.7. The van der Waals surface area contributed by atoms with Crippen molar-refractivity contribution in [3.8, 4) is 0 Å². The standard InChI is InChI=1S/C24H37N9.C2HF3O2/c1-16(2)33-15-25-20-21(26-17(3)19-14-32(5)30-29-19)27-23(28-22(20)33)31(4)13-18-9-6-7-10-24(18)11-8-12-24;3-2(4,5)1(6)7/h14-18H,6-13H2,1-5H3,(H,26,27,28);(H,6,7). The van der Waals surface area contributed by atoms with Crippen molar-refractivity contribution in [3.63, 3.8) is 0 Å². The van der Waals surface area contributed by atoms with E-state index in [1.165, 1.54) is 44.9 Å². The first-order chi connectivity index (χ1) is 18.8. The third-order valence-electron chi connectivity index (χ3n) is 8.15. The molecule has 40 heavy (non-hydrogen) atoms. The lowest BCUT2D eigenvalue weighted by Gasteiger charge is -2.52. The third-order valence-corrected chi connectivity index (χ3v) is 8.15. The molecule has 0 aliphatic heterocycles. The van der Waals surface area contributed by atoms with Crippen molar-refractivity contribution in [2.75, 3.05) is 23.8 Å². The zero-order chi connectivity index (χ0) is 29.2. The number of halogens is 3. The summed E-state index contributed by atoms with van der Waals surface area (Å²) in [7, 11) is 4.03. The molecule has 0 bridgehead atoms. The summed E-state index contributed by atoms with van der Waals surface area (Å²) in [5.41, 5.74) is 3.11. The Labute approximate surface area is 231 Å². The van der Waals surface area contributed by atoms with Gasteiger partial charge in [0.25, 0.3) is 0 Å². The molecule has 2 unspecified atom stereocenters. The number of aliphatic carboxylic acids is 1. The number of alkyl halides is 3. The Morgan fingerprint density at radius 1 is 1.20 bits per heavy atom. The van der Waals surface area contributed by atoms with Crippen LogP contribution in [-0.4, -0.2) is 65.4 Å². The van der Waals surface area contributed by atoms with Gasteiger partial charge in [0.15, 0.2) is 17.0 Å². The Kier molecular flexibility index (Phi) is 8.55. The van der Waals surface area contributed by atoms with E-state index in [1.54, 1.807) is 4.68 Å². The number of imidazole rings is 1. The van der Waals surface area contributed by atoms with Gasteiger partial charge in [-0.15, -0.1) is 5.10 Å². The molecule has 0 amide bonds. The molecule has 5 rings (SSSR count). The Balaban J connectivity index is 0.000000470. The van der Waals surface area contributed by atoms with E-state index in [-0.39, 0.29) is 12.1 Å². The molecule has 220 valence electrons. The predicted molar refractivity (Wildman–Crippen MR) is 144 cm³/mol. The predicted octanol–water partition coefficient (Wildman–Crippen LogP) is 5.14. The van der Waals surface area contributed by atoms with Gasteiger partial charge in [-0.1, -0.05) is 24.5 Å². The van der Waals surface area contributed by atoms with E-state index in [4.69, 9.17) is 19.9 Å². The average molecular weight is 566 g/mol. The molecule has 3 aromatic heterocycles. The van der Waals surface area contributed by atoms with Crippen LogP contribution in [0.5, 0.6) is 0 Å². The van der Waals surface area contributed by atoms with E-state index >= 15 is 0 Å². The first kappa shape index (κ1) is 29.5. The summed E-state index contributed by atoms with van der Waals surface area (Å²) in [5.74, 6) is -0.512. The molecule has 0 saturated heterocycles. The molecular formula is C26H38F3N9O2. The summed E-state index contributed by atoms with van der Waals surface area (Å²) in [6, 6.07) is 0.223. The molecule has 3 heterocycles. The van der Waals surface area contributed by atoms with Crippen molar-refractivity contribution in [2.45, 2.75) is 84.0 Å². The number of fused-ring (bicyclic) bond motifs is 1. The van der Waals surface area contributed by atoms with Crippen molar-refractivity contribution >= 4 is 28.9 Å². The largest absolute Gasteiger partial charge is 0.490 e. The minimum Gasteiger partial charge on any atom is -0.475 e. The summed E-state index contributed by atoms with van der Waals surface area (Å²) in [6.07, 6.45) is 8.37. The summed E-state index contributed by atoms with van der Waals surface area (Å²) in [4.78, 5) is 25.8. The van der Waals surface area contributed by atoms with E-state index in [2.05, 4.69) is 57.9 Å². The van der Waals surface area contributed by atoms with Crippen LogP contribution in [0, 0.1) is 11.3 Å². The molecule has 2 fully saturated rings. The molecule has 0 aromatic carbocycles. The van der Waals surface area contributed by atoms with E-state index in [9.17, 15) is 13.2 Å². The van der Waals surface area contributed by atoms with Crippen LogP contribution in [0.3, 0.4) is 0 Å². The molecule has 3 aromatic rings. The van der Waals surface area contributed by atoms with E-state index in [1.807, 2.05) is 19.6 Å². The van der Waals surface area contributed by atoms with Crippen molar-refractivity contribution in [1.29, 1.82) is 0 Å². The number of carbonyl (C=O) groups is 1. The number of nitrogens with one attached hydrogen (secondary N) is 1. The third kappa shape index (κ3) is 6.30. The highest BCUT2D eigenvalue weighted by atomic mass is 19.4. The van der Waals surface area contributed by atoms with Crippen LogP contribution in [0.2, 0.25) is 0 Å². The smallest absolute Gasteiger partial charge is 0.475 e. The Hall–Kier alpha value is -3.45. The van der Waals surface area contributed by atoms with Crippen LogP contribution in [0.1, 0.15) is 83.5 Å². The lowest BCUT2D eigenvalue weighted by Crippen LogP contribution is -2.45. The van der Waals surface area contributed by atoms with Gasteiger partial charge < -0.3 is 19.9 Å². The van der Waals surface area contributed by atoms with Crippen molar-refractivity contribution in [2.24, 2.45) is 18.4 Å². The van der Waals surface area contributed by atoms with Gasteiger partial charge in [-0.05, 0) is 57.8 Å². The topological polar surface area (TPSA) is 127 Å². The summed E-state index contributed by atoms with van der Waals surface area (Å²) < 4.78 is 35.6. The second kappa shape index (κ2) is 11.6. The zero-order valence-electron chi connectivity index (χ0n) is 23.6. The molecule has 14 heteroatoms. The molecular weight excluding hydrogens is 527 g/mol. The summed E-state index contributed by atoms with van der Waals surface area (Å²) >= 11 is 0. The van der Waals surface area contributed by atoms with Gasteiger partial charge in [0, 0.05) is 26.7 Å². The Morgan fingerprint density at radius 2 is 1.88 bits per heavy atom. The quantitative estimate of drug-likeness (QED) is 0.400. The van der Waals surface area contributed by atoms with Gasteiger partial charge in [-0.25, -0.2) is 9.78 Å². The van der Waals surface area contributed by atoms with Crippen LogP contribution in [0.4, 0.5) is 24.9 Å². The minimum atomic E-state index is -5.08. The molecule has 2 N–H and O–H groups in total. The normalized spacial score (nSPS) is 19.2. The number of aromatic nitrogens is 7. The maximum Gasteiger partial charge on any atom is 0.490 e. The van der Waals surface area contributed by atoms with Crippen molar-refractivity contribution in [1.82, 2.24) is 34.5 Å². The van der Waals surface area contributed by atoms with Gasteiger partial charge in [-0.2, -0.15) is 23.1 Å². The van der Waals surface area contributed by atoms with Gasteiger partial charge in [-0.3, -0.25) is 4.68 Å². The molecule has 1 spiro atoms. The maximum absolute atomic E-state index is 10.6. The zero-order valence-corrected chi connectivity index (χ0v) is 23.6. The van der Waals surface area contributed by atoms with Gasteiger partial charge >= 0.3 is 12.1 Å². The monoisotopic (exact) mass is 565 g/mol. The van der Waals surface area contributed by atoms with Gasteiger partial charge in [0.05, 0.1) is 18.6 Å². The average Bonchev–Trinajstić information content (AvgIpc) is 3.49. The van der Waals surface area contributed by atoms with E-state index < -0.39 is 12.1 Å². The lowest BCUT2D eigenvalue weighted by atomic mass is 9.55. The first-order valence-corrected chi connectivity index (χ1v) is 13.7. The molecule has 2 aliphatic carbocycles. The van der Waals surface area contributed by atoms with Crippen molar-refractivity contribution in [3.05, 3.63) is 18.2 Å². The number of hydrogen-bond donors (Lipinski definition) is 2. The van der Waals surface area contributed by atoms with Crippen LogP contribution in [-0.2, 0) is 11.8 Å². The van der Waals surface area contributed by atoms with Gasteiger partial charge in [0.1, 0.15) is 5.69 Å². The highest BCUT2D eigenvalue weighted by molar-refractivity contribution is 5.84. The maximum atomic E-state index is 10.6. The van der Waals surface area contributed by atoms with Crippen LogP contribution in [0.15, 0.2) is 12.5 Å². The lowest BCUT2D eigenvalue weighted by molar-refractivity contribution is -0.192. The Morgan fingerprint density at radius 3 is 2.42 bits per heavy atom. The number of nitrogens with zero attached hydrogens (tertiary/aromatic N) is 8. The highest BCUT2D eigenvalue weighted by Gasteiger charge is 2.45. The SMILES string of the molecule is CC(Nc1nc(N(C)CC2CCCCC23CCC3)nc2c1ncn2C(C)C)c1cn(C)nn1.O=C(O)C(F)(F)F. The second-order valence-corrected chi connectivity index (χ2v) is 11.3. The number of aryl methyl sites for hydroxylation is 1. The van der Waals surface area contributed by atoms with E-state index in [0.29, 0.717) is 5.41 Å². The van der Waals surface area contributed by atoms with Crippen LogP contribution >= 0.6 is 0 Å². The fourth-order valence-corrected chi connectivity index (χ4v) is 5.76.